The summed E-state index contributed by atoms with van der Waals surface area (Å²) in [6.07, 6.45) is 2.78. The predicted octanol–water partition coefficient (Wildman–Crippen LogP) is 5.60. The summed E-state index contributed by atoms with van der Waals surface area (Å²) >= 11 is 0. The van der Waals surface area contributed by atoms with Gasteiger partial charge in [0.1, 0.15) is 6.61 Å². The average molecular weight is 579 g/mol. The van der Waals surface area contributed by atoms with Crippen LogP contribution in [0.1, 0.15) is 32.8 Å². The molecule has 12 heteroatoms. The fraction of sp³-hybridized carbons (Fsp3) is 0.444. The van der Waals surface area contributed by atoms with Gasteiger partial charge in [-0.05, 0) is 48.7 Å². The molecule has 39 heavy (non-hydrogen) atoms. The lowest BCUT2D eigenvalue weighted by molar-refractivity contribution is -0.384. The molecule has 0 fully saturated rings. The first kappa shape index (κ1) is 32.2. The Morgan fingerprint density at radius 2 is 1.69 bits per heavy atom. The highest BCUT2D eigenvalue weighted by atomic mass is 32.2. The third-order valence-electron chi connectivity index (χ3n) is 6.66. The van der Waals surface area contributed by atoms with Gasteiger partial charge in [0.2, 0.25) is 10.0 Å². The molecule has 0 spiro atoms. The van der Waals surface area contributed by atoms with Crippen molar-refractivity contribution < 1.29 is 32.0 Å². The number of nitrogens with zero attached hydrogens (tertiary/aromatic N) is 1. The number of hydrogen-bond donors (Lipinski definition) is 1. The van der Waals surface area contributed by atoms with Crippen molar-refractivity contribution in [3.63, 3.8) is 0 Å². The molecule has 2 aromatic rings. The van der Waals surface area contributed by atoms with Crippen molar-refractivity contribution in [2.45, 2.75) is 68.8 Å². The monoisotopic (exact) mass is 578 g/mol. The van der Waals surface area contributed by atoms with Crippen molar-refractivity contribution >= 4 is 30.2 Å². The van der Waals surface area contributed by atoms with Crippen molar-refractivity contribution in [2.24, 2.45) is 0 Å². The Hall–Kier alpha value is -3.06. The third kappa shape index (κ3) is 9.88. The van der Waals surface area contributed by atoms with Crippen molar-refractivity contribution in [2.75, 3.05) is 13.7 Å². The number of sulfonamides is 1. The standard InChI is InChI=1S/C27H38N2O8SSi/c1-27(2,3)39(5,6)37-25(14-10-11-19-36-26(30)35-4)24(20-21-12-8-7-9-13-21)28-38(33,34)23-17-15-22(16-18-23)29(31)32/h7-13,15-18,24-25,28H,14,19-20H2,1-6H3/b11-10+/t24-,25+/m0/s1. The third-order valence-corrected chi connectivity index (χ3v) is 12.7. The van der Waals surface area contributed by atoms with E-state index in [1.54, 1.807) is 12.2 Å². The summed E-state index contributed by atoms with van der Waals surface area (Å²) < 4.78 is 45.9. The Labute approximate surface area is 231 Å². The first-order chi connectivity index (χ1) is 18.2. The van der Waals surface area contributed by atoms with Gasteiger partial charge >= 0.3 is 6.16 Å². The van der Waals surface area contributed by atoms with E-state index < -0.39 is 41.6 Å². The Bertz CT molecular complexity index is 1230. The zero-order chi connectivity index (χ0) is 29.3. The second-order valence-electron chi connectivity index (χ2n) is 10.6. The maximum Gasteiger partial charge on any atom is 0.508 e. The highest BCUT2D eigenvalue weighted by Crippen LogP contribution is 2.38. The van der Waals surface area contributed by atoms with Gasteiger partial charge < -0.3 is 13.9 Å². The lowest BCUT2D eigenvalue weighted by Gasteiger charge is -2.41. The highest BCUT2D eigenvalue weighted by Gasteiger charge is 2.41. The maximum atomic E-state index is 13.5. The maximum absolute atomic E-state index is 13.5. The molecule has 2 aromatic carbocycles. The van der Waals surface area contributed by atoms with Crippen LogP contribution in [-0.2, 0) is 30.3 Å². The van der Waals surface area contributed by atoms with Crippen LogP contribution in [0.15, 0.2) is 71.6 Å². The molecular formula is C27H38N2O8SSi. The van der Waals surface area contributed by atoms with E-state index in [0.29, 0.717) is 12.8 Å². The summed E-state index contributed by atoms with van der Waals surface area (Å²) in [7, 11) is -5.20. The van der Waals surface area contributed by atoms with Gasteiger partial charge in [-0.2, -0.15) is 0 Å². The number of non-ortho nitro benzene ring substituents is 1. The molecule has 0 aliphatic rings. The number of nitro benzene ring substituents is 1. The minimum absolute atomic E-state index is 0.00262. The average Bonchev–Trinajstić information content (AvgIpc) is 2.87. The van der Waals surface area contributed by atoms with E-state index in [0.717, 1.165) is 17.7 Å². The lowest BCUT2D eigenvalue weighted by atomic mass is 10.00. The van der Waals surface area contributed by atoms with E-state index in [2.05, 4.69) is 43.3 Å². The van der Waals surface area contributed by atoms with Crippen molar-refractivity contribution in [1.29, 1.82) is 0 Å². The van der Waals surface area contributed by atoms with Crippen LogP contribution < -0.4 is 4.72 Å². The number of hydrogen-bond acceptors (Lipinski definition) is 8. The van der Waals surface area contributed by atoms with Crippen LogP contribution in [0.5, 0.6) is 0 Å². The molecule has 0 saturated heterocycles. The summed E-state index contributed by atoms with van der Waals surface area (Å²) in [5.41, 5.74) is 0.712. The van der Waals surface area contributed by atoms with E-state index in [-0.39, 0.29) is 22.2 Å². The molecule has 2 rings (SSSR count). The van der Waals surface area contributed by atoms with Crippen molar-refractivity contribution in [3.8, 4) is 0 Å². The van der Waals surface area contributed by atoms with Crippen molar-refractivity contribution in [3.05, 3.63) is 82.4 Å². The first-order valence-corrected chi connectivity index (χ1v) is 16.9. The minimum Gasteiger partial charge on any atom is -0.438 e. The van der Waals surface area contributed by atoms with Crippen LogP contribution >= 0.6 is 0 Å². The second kappa shape index (κ2) is 13.8. The van der Waals surface area contributed by atoms with Gasteiger partial charge in [-0.15, -0.1) is 0 Å². The number of nitro groups is 1. The SMILES string of the molecule is COC(=O)OC/C=C/C[C@@H](O[Si](C)(C)C(C)(C)C)[C@H](Cc1ccccc1)NS(=O)(=O)c1ccc([N+](=O)[O-])cc1. The number of ether oxygens (including phenoxy) is 2. The molecule has 0 aliphatic heterocycles. The smallest absolute Gasteiger partial charge is 0.438 e. The van der Waals surface area contributed by atoms with Gasteiger partial charge in [0.05, 0.1) is 29.1 Å². The molecule has 0 heterocycles. The van der Waals surface area contributed by atoms with Crippen LogP contribution in [0.3, 0.4) is 0 Å². The molecule has 0 bridgehead atoms. The number of rotatable bonds is 13. The molecular weight excluding hydrogens is 540 g/mol. The molecule has 214 valence electrons. The fourth-order valence-corrected chi connectivity index (χ4v) is 6.09. The van der Waals surface area contributed by atoms with Crippen LogP contribution in [0, 0.1) is 10.1 Å². The van der Waals surface area contributed by atoms with E-state index in [1.807, 2.05) is 30.3 Å². The van der Waals surface area contributed by atoms with Crippen LogP contribution in [0.2, 0.25) is 18.1 Å². The van der Waals surface area contributed by atoms with Gasteiger partial charge in [0.15, 0.2) is 8.32 Å². The van der Waals surface area contributed by atoms with Gasteiger partial charge in [-0.1, -0.05) is 63.3 Å². The summed E-state index contributed by atoms with van der Waals surface area (Å²) in [4.78, 5) is 21.6. The normalized spacial score (nSPS) is 14.1. The summed E-state index contributed by atoms with van der Waals surface area (Å²) in [6.45, 7) is 10.5. The van der Waals surface area contributed by atoms with E-state index in [9.17, 15) is 23.3 Å². The Kier molecular flexibility index (Phi) is 11.4. The molecule has 1 N–H and O–H groups in total. The van der Waals surface area contributed by atoms with E-state index in [4.69, 9.17) is 9.16 Å². The zero-order valence-electron chi connectivity index (χ0n) is 23.2. The summed E-state index contributed by atoms with van der Waals surface area (Å²) in [6, 6.07) is 13.5. The zero-order valence-corrected chi connectivity index (χ0v) is 25.1. The van der Waals surface area contributed by atoms with E-state index in [1.165, 1.54) is 19.2 Å². The van der Waals surface area contributed by atoms with Crippen molar-refractivity contribution in [1.82, 2.24) is 4.72 Å². The summed E-state index contributed by atoms with van der Waals surface area (Å²) in [5, 5.41) is 10.9. The molecule has 2 atom stereocenters. The van der Waals surface area contributed by atoms with Gasteiger partial charge in [0.25, 0.3) is 5.69 Å². The minimum atomic E-state index is -4.06. The fourth-order valence-electron chi connectivity index (χ4n) is 3.45. The first-order valence-electron chi connectivity index (χ1n) is 12.5. The van der Waals surface area contributed by atoms with E-state index >= 15 is 0 Å². The predicted molar refractivity (Wildman–Crippen MR) is 152 cm³/mol. The molecule has 0 amide bonds. The molecule has 0 aromatic heterocycles. The number of benzene rings is 2. The van der Waals surface area contributed by atoms with Gasteiger partial charge in [-0.3, -0.25) is 10.1 Å². The topological polar surface area (TPSA) is 134 Å². The quantitative estimate of drug-likeness (QED) is 0.107. The largest absolute Gasteiger partial charge is 0.508 e. The van der Waals surface area contributed by atoms with Crippen LogP contribution in [-0.4, -0.2) is 53.7 Å². The number of nitrogens with one attached hydrogen (secondary N) is 1. The Morgan fingerprint density at radius 1 is 1.08 bits per heavy atom. The number of methoxy groups -OCH3 is 1. The Balaban J connectivity index is 2.44. The lowest BCUT2D eigenvalue weighted by Crippen LogP contribution is -2.52. The molecule has 0 aliphatic carbocycles. The van der Waals surface area contributed by atoms with Crippen LogP contribution in [0.25, 0.3) is 0 Å². The molecule has 10 nitrogen and oxygen atoms in total. The number of carbonyl (C=O) groups excluding carboxylic acids is 1. The van der Waals surface area contributed by atoms with Gasteiger partial charge in [0, 0.05) is 12.1 Å². The summed E-state index contributed by atoms with van der Waals surface area (Å²) in [5.74, 6) is 0. The number of carbonyl (C=O) groups is 1. The molecule has 0 unspecified atom stereocenters. The van der Waals surface area contributed by atoms with Gasteiger partial charge in [-0.25, -0.2) is 17.9 Å². The Morgan fingerprint density at radius 3 is 2.23 bits per heavy atom. The molecule has 0 radical (unpaired) electrons. The van der Waals surface area contributed by atoms with Crippen LogP contribution in [0.4, 0.5) is 10.5 Å². The molecule has 0 saturated carbocycles. The highest BCUT2D eigenvalue weighted by molar-refractivity contribution is 7.89. The second-order valence-corrected chi connectivity index (χ2v) is 17.0.